The molecule has 0 fully saturated rings. The van der Waals surface area contributed by atoms with E-state index in [-0.39, 0.29) is 16.8 Å². The van der Waals surface area contributed by atoms with Crippen LogP contribution in [0.15, 0.2) is 47.5 Å². The van der Waals surface area contributed by atoms with Gasteiger partial charge in [0.1, 0.15) is 17.0 Å². The Morgan fingerprint density at radius 1 is 1.13 bits per heavy atom. The van der Waals surface area contributed by atoms with Crippen molar-refractivity contribution < 1.29 is 4.39 Å². The first-order valence-corrected chi connectivity index (χ1v) is 9.79. The maximum absolute atomic E-state index is 14.2. The van der Waals surface area contributed by atoms with Crippen molar-refractivity contribution in [1.82, 2.24) is 20.2 Å². The highest BCUT2D eigenvalue weighted by molar-refractivity contribution is 6.14. The molecular weight excluding hydrogens is 381 g/mol. The molecule has 0 aliphatic rings. The highest BCUT2D eigenvalue weighted by Crippen LogP contribution is 2.39. The smallest absolute Gasteiger partial charge is 0.272 e. The summed E-state index contributed by atoms with van der Waals surface area (Å²) < 4.78 is 14.2. The molecule has 0 amide bonds. The quantitative estimate of drug-likeness (QED) is 0.386. The van der Waals surface area contributed by atoms with E-state index in [0.717, 1.165) is 28.3 Å². The van der Waals surface area contributed by atoms with Gasteiger partial charge in [-0.2, -0.15) is 5.10 Å². The van der Waals surface area contributed by atoms with Gasteiger partial charge in [-0.25, -0.2) is 4.39 Å². The molecule has 0 atom stereocenters. The van der Waals surface area contributed by atoms with Crippen molar-refractivity contribution >= 4 is 38.4 Å². The molecule has 0 saturated carbocycles. The van der Waals surface area contributed by atoms with Gasteiger partial charge in [0.2, 0.25) is 0 Å². The zero-order chi connectivity index (χ0) is 21.0. The number of nitrogens with one attached hydrogen (secondary N) is 2. The Balaban J connectivity index is 1.98. The molecule has 0 aliphatic heterocycles. The number of hydrogen-bond acceptors (Lipinski definition) is 4. The first kappa shape index (κ1) is 18.3. The predicted molar refractivity (Wildman–Crippen MR) is 118 cm³/mol. The Kier molecular flexibility index (Phi) is 4.06. The number of benzene rings is 2. The van der Waals surface area contributed by atoms with E-state index in [1.165, 1.54) is 6.07 Å². The van der Waals surface area contributed by atoms with E-state index >= 15 is 0 Å². The average Bonchev–Trinajstić information content (AvgIpc) is 3.22. The summed E-state index contributed by atoms with van der Waals surface area (Å²) >= 11 is 0. The third kappa shape index (κ3) is 2.66. The second kappa shape index (κ2) is 6.66. The number of H-pyrrole nitrogens is 2. The van der Waals surface area contributed by atoms with Crippen LogP contribution >= 0.6 is 0 Å². The molecular formula is C23H20FN5O. The molecule has 0 radical (unpaired) electrons. The Hall–Kier alpha value is -3.74. The van der Waals surface area contributed by atoms with Crippen molar-refractivity contribution in [3.05, 3.63) is 64.5 Å². The van der Waals surface area contributed by atoms with Crippen LogP contribution in [0, 0.1) is 11.7 Å². The molecule has 0 spiro atoms. The van der Waals surface area contributed by atoms with Crippen LogP contribution in [0.1, 0.15) is 19.4 Å². The molecule has 6 nitrogen and oxygen atoms in total. The molecule has 0 aliphatic carbocycles. The predicted octanol–water partition coefficient (Wildman–Crippen LogP) is 4.54. The fourth-order valence-electron chi connectivity index (χ4n) is 4.20. The first-order chi connectivity index (χ1) is 14.5. The van der Waals surface area contributed by atoms with Crippen LogP contribution < -0.4 is 11.3 Å². The van der Waals surface area contributed by atoms with Gasteiger partial charge in [0, 0.05) is 27.9 Å². The Morgan fingerprint density at radius 3 is 2.77 bits per heavy atom. The van der Waals surface area contributed by atoms with Crippen LogP contribution in [-0.2, 0) is 6.42 Å². The molecule has 3 heterocycles. The standard InChI is InChI=1S/C23H20FN5O/c1-11(2)8-12-9-15-18(13-5-6-17(24)22-16(13)10-27-29-22)19(25)23(30)28-21(15)14-4-3-7-26-20(12)14/h3-7,9-11H,8,25H2,1-2H3,(H,27,29)(H,28,30). The topological polar surface area (TPSA) is 100 Å². The van der Waals surface area contributed by atoms with Gasteiger partial charge in [-0.3, -0.25) is 14.9 Å². The zero-order valence-corrected chi connectivity index (χ0v) is 16.6. The molecule has 5 rings (SSSR count). The minimum Gasteiger partial charge on any atom is -0.394 e. The lowest BCUT2D eigenvalue weighted by Crippen LogP contribution is -2.14. The van der Waals surface area contributed by atoms with Crippen LogP contribution in [-0.4, -0.2) is 20.2 Å². The number of rotatable bonds is 3. The lowest BCUT2D eigenvalue weighted by molar-refractivity contribution is 0.636. The Bertz CT molecular complexity index is 1500. The van der Waals surface area contributed by atoms with E-state index in [4.69, 9.17) is 5.73 Å². The summed E-state index contributed by atoms with van der Waals surface area (Å²) in [7, 11) is 0. The average molecular weight is 401 g/mol. The largest absolute Gasteiger partial charge is 0.394 e. The number of fused-ring (bicyclic) bond motifs is 4. The van der Waals surface area contributed by atoms with E-state index in [9.17, 15) is 9.18 Å². The fourth-order valence-corrected chi connectivity index (χ4v) is 4.20. The van der Waals surface area contributed by atoms with E-state index in [2.05, 4.69) is 34.0 Å². The summed E-state index contributed by atoms with van der Waals surface area (Å²) in [6, 6.07) is 8.85. The van der Waals surface area contributed by atoms with E-state index in [1.807, 2.05) is 18.2 Å². The molecule has 30 heavy (non-hydrogen) atoms. The first-order valence-electron chi connectivity index (χ1n) is 9.79. The molecule has 150 valence electrons. The number of anilines is 1. The second-order valence-corrected chi connectivity index (χ2v) is 7.95. The van der Waals surface area contributed by atoms with Gasteiger partial charge < -0.3 is 10.7 Å². The zero-order valence-electron chi connectivity index (χ0n) is 16.6. The summed E-state index contributed by atoms with van der Waals surface area (Å²) in [5.74, 6) is 0.0109. The van der Waals surface area contributed by atoms with Crippen molar-refractivity contribution in [2.24, 2.45) is 5.92 Å². The maximum Gasteiger partial charge on any atom is 0.272 e. The monoisotopic (exact) mass is 401 g/mol. The Morgan fingerprint density at radius 2 is 1.97 bits per heavy atom. The summed E-state index contributed by atoms with van der Waals surface area (Å²) in [4.78, 5) is 20.3. The Labute approximate surface area is 170 Å². The number of nitrogens with two attached hydrogens (primary N) is 1. The van der Waals surface area contributed by atoms with E-state index in [1.54, 1.807) is 18.5 Å². The highest BCUT2D eigenvalue weighted by Gasteiger charge is 2.20. The highest BCUT2D eigenvalue weighted by atomic mass is 19.1. The summed E-state index contributed by atoms with van der Waals surface area (Å²) in [6.07, 6.45) is 4.13. The van der Waals surface area contributed by atoms with Crippen molar-refractivity contribution in [2.45, 2.75) is 20.3 Å². The number of pyridine rings is 2. The van der Waals surface area contributed by atoms with Crippen molar-refractivity contribution in [1.29, 1.82) is 0 Å². The molecule has 3 aromatic heterocycles. The van der Waals surface area contributed by atoms with Gasteiger partial charge in [-0.05, 0) is 47.7 Å². The fraction of sp³-hybridized carbons (Fsp3) is 0.174. The van der Waals surface area contributed by atoms with Crippen LogP contribution in [0.2, 0.25) is 0 Å². The summed E-state index contributed by atoms with van der Waals surface area (Å²) in [5, 5.41) is 8.90. The summed E-state index contributed by atoms with van der Waals surface area (Å²) in [6.45, 7) is 4.30. The van der Waals surface area contributed by atoms with Gasteiger partial charge in [0.15, 0.2) is 0 Å². The number of halogens is 1. The molecule has 2 aromatic carbocycles. The van der Waals surface area contributed by atoms with Crippen LogP contribution in [0.4, 0.5) is 10.1 Å². The SMILES string of the molecule is CC(C)Cc1cc2c(-c3ccc(F)c4[nH]ncc34)c(N)c(=O)[nH]c2c2cccnc12. The minimum absolute atomic E-state index is 0.0929. The number of nitrogen functional groups attached to an aromatic ring is 1. The number of aromatic nitrogens is 4. The van der Waals surface area contributed by atoms with Crippen molar-refractivity contribution in [2.75, 3.05) is 5.73 Å². The lowest BCUT2D eigenvalue weighted by atomic mass is 9.92. The van der Waals surface area contributed by atoms with Gasteiger partial charge >= 0.3 is 0 Å². The molecule has 7 heteroatoms. The molecule has 0 unspecified atom stereocenters. The van der Waals surface area contributed by atoms with Crippen LogP contribution in [0.25, 0.3) is 43.8 Å². The van der Waals surface area contributed by atoms with Gasteiger partial charge in [0.05, 0.1) is 17.2 Å². The number of aromatic amines is 2. The molecule has 0 bridgehead atoms. The van der Waals surface area contributed by atoms with E-state index in [0.29, 0.717) is 27.9 Å². The third-order valence-electron chi connectivity index (χ3n) is 5.45. The van der Waals surface area contributed by atoms with Gasteiger partial charge in [-0.1, -0.05) is 19.9 Å². The molecule has 4 N–H and O–H groups in total. The maximum atomic E-state index is 14.2. The third-order valence-corrected chi connectivity index (χ3v) is 5.45. The van der Waals surface area contributed by atoms with Gasteiger partial charge in [-0.15, -0.1) is 0 Å². The number of hydrogen-bond donors (Lipinski definition) is 3. The van der Waals surface area contributed by atoms with E-state index < -0.39 is 5.82 Å². The van der Waals surface area contributed by atoms with Crippen LogP contribution in [0.3, 0.4) is 0 Å². The lowest BCUT2D eigenvalue weighted by Gasteiger charge is -2.16. The number of nitrogens with zero attached hydrogens (tertiary/aromatic N) is 2. The van der Waals surface area contributed by atoms with Crippen molar-refractivity contribution in [3.8, 4) is 11.1 Å². The van der Waals surface area contributed by atoms with Crippen LogP contribution in [0.5, 0.6) is 0 Å². The van der Waals surface area contributed by atoms with Gasteiger partial charge in [0.25, 0.3) is 5.56 Å². The molecule has 5 aromatic rings. The molecule has 0 saturated heterocycles. The van der Waals surface area contributed by atoms with Crippen molar-refractivity contribution in [3.63, 3.8) is 0 Å². The normalized spacial score (nSPS) is 11.9. The minimum atomic E-state index is -0.408. The summed E-state index contributed by atoms with van der Waals surface area (Å²) in [5.41, 5.74) is 10.1. The second-order valence-electron chi connectivity index (χ2n) is 7.95.